The Balaban J connectivity index is 4.02. The quantitative estimate of drug-likeness (QED) is 0.168. The predicted molar refractivity (Wildman–Crippen MR) is 132 cm³/mol. The first-order valence-corrected chi connectivity index (χ1v) is 12.4. The summed E-state index contributed by atoms with van der Waals surface area (Å²) in [4.78, 5) is 37.9. The molecule has 0 bridgehead atoms. The summed E-state index contributed by atoms with van der Waals surface area (Å²) in [5, 5.41) is 5.89. The molecule has 8 nitrogen and oxygen atoms in total. The van der Waals surface area contributed by atoms with E-state index in [1.165, 1.54) is 0 Å². The van der Waals surface area contributed by atoms with Crippen molar-refractivity contribution in [1.29, 1.82) is 0 Å². The van der Waals surface area contributed by atoms with E-state index in [4.69, 9.17) is 9.47 Å². The maximum Gasteiger partial charge on any atom is 0.333 e. The zero-order valence-electron chi connectivity index (χ0n) is 21.6. The molecular weight excluding hydrogens is 422 g/mol. The maximum atomic E-state index is 12.5. The zero-order valence-corrected chi connectivity index (χ0v) is 21.6. The van der Waals surface area contributed by atoms with Crippen molar-refractivity contribution >= 4 is 17.9 Å². The summed E-state index contributed by atoms with van der Waals surface area (Å²) >= 11 is 0. The van der Waals surface area contributed by atoms with E-state index in [2.05, 4.69) is 31.1 Å². The highest BCUT2D eigenvalue weighted by Gasteiger charge is 2.27. The van der Waals surface area contributed by atoms with Crippen LogP contribution < -0.4 is 10.6 Å². The molecule has 2 N–H and O–H groups in total. The highest BCUT2D eigenvalue weighted by Crippen LogP contribution is 2.10. The number of amides is 3. The lowest BCUT2D eigenvalue weighted by molar-refractivity contribution is -0.143. The molecule has 0 aromatic heterocycles. The van der Waals surface area contributed by atoms with Crippen molar-refractivity contribution in [1.82, 2.24) is 15.5 Å². The molecular formula is C25H47N3O5. The van der Waals surface area contributed by atoms with Gasteiger partial charge in [0, 0.05) is 31.8 Å². The fourth-order valence-corrected chi connectivity index (χ4v) is 2.90. The van der Waals surface area contributed by atoms with Gasteiger partial charge in [-0.1, -0.05) is 46.1 Å². The van der Waals surface area contributed by atoms with Gasteiger partial charge in [-0.25, -0.2) is 9.59 Å². The number of carbonyl (C=O) groups is 3. The Kier molecular flexibility index (Phi) is 17.2. The van der Waals surface area contributed by atoms with Crippen LogP contribution in [0.2, 0.25) is 0 Å². The Hall–Kier alpha value is -2.09. The number of hydrogen-bond donors (Lipinski definition) is 2. The van der Waals surface area contributed by atoms with Gasteiger partial charge in [-0.05, 0) is 46.5 Å². The summed E-state index contributed by atoms with van der Waals surface area (Å²) < 4.78 is 10.8. The van der Waals surface area contributed by atoms with E-state index >= 15 is 0 Å². The van der Waals surface area contributed by atoms with Gasteiger partial charge >= 0.3 is 12.0 Å². The molecule has 0 saturated carbocycles. The fourth-order valence-electron chi connectivity index (χ4n) is 2.90. The molecule has 0 fully saturated rings. The van der Waals surface area contributed by atoms with Crippen molar-refractivity contribution in [2.45, 2.75) is 91.6 Å². The summed E-state index contributed by atoms with van der Waals surface area (Å²) in [7, 11) is 0. The molecule has 0 spiro atoms. The Bertz CT molecular complexity index is 593. The number of carbonyl (C=O) groups excluding carboxylic acids is 3. The number of rotatable bonds is 19. The van der Waals surface area contributed by atoms with Gasteiger partial charge in [0.2, 0.25) is 0 Å². The third-order valence-corrected chi connectivity index (χ3v) is 5.18. The first-order valence-electron chi connectivity index (χ1n) is 12.4. The molecule has 0 aliphatic rings. The topological polar surface area (TPSA) is 97.0 Å². The molecule has 0 aliphatic heterocycles. The van der Waals surface area contributed by atoms with E-state index in [1.54, 1.807) is 25.7 Å². The Morgan fingerprint density at radius 2 is 1.45 bits per heavy atom. The molecule has 0 aliphatic carbocycles. The molecule has 33 heavy (non-hydrogen) atoms. The fraction of sp³-hybridized carbons (Fsp3) is 0.800. The van der Waals surface area contributed by atoms with E-state index in [-0.39, 0.29) is 18.5 Å². The molecule has 192 valence electrons. The van der Waals surface area contributed by atoms with Crippen molar-refractivity contribution in [2.75, 3.05) is 39.4 Å². The molecule has 3 amide bonds. The smallest absolute Gasteiger partial charge is 0.333 e. The minimum atomic E-state index is -0.800. The zero-order chi connectivity index (χ0) is 25.1. The number of esters is 1. The van der Waals surface area contributed by atoms with Crippen LogP contribution in [0.5, 0.6) is 0 Å². The van der Waals surface area contributed by atoms with E-state index in [0.29, 0.717) is 38.4 Å². The molecule has 0 atom stereocenters. The van der Waals surface area contributed by atoms with E-state index in [9.17, 15) is 14.4 Å². The molecule has 0 rings (SSSR count). The van der Waals surface area contributed by atoms with Gasteiger partial charge in [0.05, 0.1) is 6.54 Å². The van der Waals surface area contributed by atoms with Crippen LogP contribution in [0.3, 0.4) is 0 Å². The van der Waals surface area contributed by atoms with Gasteiger partial charge in [0.25, 0.3) is 5.91 Å². The number of urea groups is 1. The third kappa shape index (κ3) is 15.4. The lowest BCUT2D eigenvalue weighted by Gasteiger charge is -2.24. The lowest BCUT2D eigenvalue weighted by Crippen LogP contribution is -2.44. The molecule has 8 heteroatoms. The summed E-state index contributed by atoms with van der Waals surface area (Å²) in [5.41, 5.74) is -0.450. The van der Waals surface area contributed by atoms with Crippen molar-refractivity contribution in [3.05, 3.63) is 12.2 Å². The number of hydrogen-bond acceptors (Lipinski definition) is 5. The minimum absolute atomic E-state index is 0.0769. The second-order valence-corrected chi connectivity index (χ2v) is 8.87. The lowest BCUT2D eigenvalue weighted by atomic mass is 10.1. The molecule has 0 saturated heterocycles. The van der Waals surface area contributed by atoms with Crippen LogP contribution in [-0.4, -0.2) is 67.8 Å². The molecule has 0 aromatic carbocycles. The second kappa shape index (κ2) is 18.3. The van der Waals surface area contributed by atoms with Crippen LogP contribution >= 0.6 is 0 Å². The standard InChI is InChI=1S/C25H47N3O5/c1-7-9-17-28(18-20-32-22(29)21(3)4)24(31)27-16-14-12-11-13-15-26-23(30)25(5,6)33-19-10-8-2/h3,7-20H2,1-2,4-6H3,(H,26,30)(H,27,31). The number of nitrogens with zero attached hydrogens (tertiary/aromatic N) is 1. The first kappa shape index (κ1) is 30.9. The Morgan fingerprint density at radius 3 is 2.03 bits per heavy atom. The number of unbranched alkanes of at least 4 members (excludes halogenated alkanes) is 5. The minimum Gasteiger partial charge on any atom is -0.460 e. The van der Waals surface area contributed by atoms with Gasteiger partial charge in [0.15, 0.2) is 0 Å². The second-order valence-electron chi connectivity index (χ2n) is 8.87. The van der Waals surface area contributed by atoms with Gasteiger partial charge in [0.1, 0.15) is 12.2 Å². The van der Waals surface area contributed by atoms with Crippen LogP contribution in [0.25, 0.3) is 0 Å². The Morgan fingerprint density at radius 1 is 0.848 bits per heavy atom. The van der Waals surface area contributed by atoms with E-state index in [0.717, 1.165) is 51.4 Å². The first-order chi connectivity index (χ1) is 15.7. The highest BCUT2D eigenvalue weighted by molar-refractivity contribution is 5.87. The summed E-state index contributed by atoms with van der Waals surface area (Å²) in [5.74, 6) is -0.512. The molecule has 0 radical (unpaired) electrons. The van der Waals surface area contributed by atoms with Crippen LogP contribution in [0.4, 0.5) is 4.79 Å². The van der Waals surface area contributed by atoms with Crippen LogP contribution in [-0.2, 0) is 19.1 Å². The van der Waals surface area contributed by atoms with Crippen LogP contribution in [0.1, 0.15) is 86.0 Å². The number of nitrogens with one attached hydrogen (secondary N) is 2. The normalized spacial score (nSPS) is 11.1. The van der Waals surface area contributed by atoms with Gasteiger partial charge in [-0.15, -0.1) is 0 Å². The van der Waals surface area contributed by atoms with Crippen molar-refractivity contribution < 1.29 is 23.9 Å². The SMILES string of the molecule is C=C(C)C(=O)OCCN(CCCC)C(=O)NCCCCCCNC(=O)C(C)(C)OCCCC. The summed E-state index contributed by atoms with van der Waals surface area (Å²) in [6.07, 6.45) is 7.58. The average molecular weight is 470 g/mol. The molecule has 0 unspecified atom stereocenters. The van der Waals surface area contributed by atoms with Crippen molar-refractivity contribution in [3.63, 3.8) is 0 Å². The molecule has 0 aromatic rings. The number of ether oxygens (including phenoxy) is 2. The third-order valence-electron chi connectivity index (χ3n) is 5.18. The van der Waals surface area contributed by atoms with Gasteiger partial charge in [-0.2, -0.15) is 0 Å². The van der Waals surface area contributed by atoms with Gasteiger partial charge in [-0.3, -0.25) is 4.79 Å². The van der Waals surface area contributed by atoms with E-state index < -0.39 is 11.6 Å². The highest BCUT2D eigenvalue weighted by atomic mass is 16.5. The summed E-state index contributed by atoms with van der Waals surface area (Å²) in [6, 6.07) is -0.132. The van der Waals surface area contributed by atoms with Crippen LogP contribution in [0.15, 0.2) is 12.2 Å². The average Bonchev–Trinajstić information content (AvgIpc) is 2.77. The maximum absolute atomic E-state index is 12.5. The summed E-state index contributed by atoms with van der Waals surface area (Å²) in [6.45, 7) is 15.9. The van der Waals surface area contributed by atoms with E-state index in [1.807, 2.05) is 0 Å². The predicted octanol–water partition coefficient (Wildman–Crippen LogP) is 4.19. The van der Waals surface area contributed by atoms with Gasteiger partial charge < -0.3 is 25.0 Å². The largest absolute Gasteiger partial charge is 0.460 e. The Labute approximate surface area is 200 Å². The monoisotopic (exact) mass is 469 g/mol. The van der Waals surface area contributed by atoms with Crippen molar-refractivity contribution in [3.8, 4) is 0 Å². The van der Waals surface area contributed by atoms with Crippen LogP contribution in [0, 0.1) is 0 Å². The van der Waals surface area contributed by atoms with Crippen molar-refractivity contribution in [2.24, 2.45) is 0 Å². The molecule has 0 heterocycles.